The van der Waals surface area contributed by atoms with Crippen LogP contribution in [-0.4, -0.2) is 23.1 Å². The fraction of sp³-hybridized carbons (Fsp3) is 0.385. The molecular weight excluding hydrogens is 217 g/mol. The third kappa shape index (κ3) is 2.20. The Morgan fingerprint density at radius 3 is 2.82 bits per heavy atom. The van der Waals surface area contributed by atoms with Gasteiger partial charge in [-0.05, 0) is 31.5 Å². The van der Waals surface area contributed by atoms with Gasteiger partial charge in [0.05, 0.1) is 5.52 Å². The highest BCUT2D eigenvalue weighted by molar-refractivity contribution is 5.89. The quantitative estimate of drug-likeness (QED) is 0.816. The minimum Gasteiger partial charge on any atom is -0.356 e. The first kappa shape index (κ1) is 11.8. The smallest absolute Gasteiger partial charge is 0.139 e. The number of aromatic nitrogens is 2. The van der Waals surface area contributed by atoms with Gasteiger partial charge in [-0.25, -0.2) is 14.4 Å². The Morgan fingerprint density at radius 2 is 2.12 bits per heavy atom. The van der Waals surface area contributed by atoms with E-state index in [0.717, 1.165) is 23.1 Å². The van der Waals surface area contributed by atoms with Crippen LogP contribution in [0.3, 0.4) is 0 Å². The zero-order valence-electron chi connectivity index (χ0n) is 10.3. The standard InChI is InChI=1S/C13H16FN3/c1-4-9(2)17(3)13-11-7-10(14)5-6-12(11)15-8-16-13/h5-9H,4H2,1-3H3. The fourth-order valence-corrected chi connectivity index (χ4v) is 1.78. The summed E-state index contributed by atoms with van der Waals surface area (Å²) >= 11 is 0. The van der Waals surface area contributed by atoms with Crippen molar-refractivity contribution in [3.63, 3.8) is 0 Å². The van der Waals surface area contributed by atoms with Gasteiger partial charge in [0, 0.05) is 18.5 Å². The number of rotatable bonds is 3. The fourth-order valence-electron chi connectivity index (χ4n) is 1.78. The molecule has 0 aliphatic carbocycles. The minimum absolute atomic E-state index is 0.258. The molecule has 0 saturated heterocycles. The zero-order valence-corrected chi connectivity index (χ0v) is 10.3. The van der Waals surface area contributed by atoms with Crippen LogP contribution >= 0.6 is 0 Å². The first-order chi connectivity index (χ1) is 8.13. The minimum atomic E-state index is -0.258. The van der Waals surface area contributed by atoms with Gasteiger partial charge in [0.25, 0.3) is 0 Å². The highest BCUT2D eigenvalue weighted by atomic mass is 19.1. The Labute approximate surface area is 100 Å². The summed E-state index contributed by atoms with van der Waals surface area (Å²) in [6, 6.07) is 4.95. The molecule has 0 saturated carbocycles. The number of halogens is 1. The third-order valence-corrected chi connectivity index (χ3v) is 3.16. The largest absolute Gasteiger partial charge is 0.356 e. The van der Waals surface area contributed by atoms with Crippen LogP contribution in [0, 0.1) is 5.82 Å². The average molecular weight is 233 g/mol. The lowest BCUT2D eigenvalue weighted by Crippen LogP contribution is -2.29. The van der Waals surface area contributed by atoms with Crippen molar-refractivity contribution in [2.45, 2.75) is 26.3 Å². The lowest BCUT2D eigenvalue weighted by Gasteiger charge is -2.25. The van der Waals surface area contributed by atoms with Gasteiger partial charge in [0.2, 0.25) is 0 Å². The van der Waals surface area contributed by atoms with Crippen LogP contribution in [0.25, 0.3) is 10.9 Å². The first-order valence-electron chi connectivity index (χ1n) is 5.76. The molecule has 0 fully saturated rings. The molecule has 0 aliphatic rings. The lowest BCUT2D eigenvalue weighted by atomic mass is 10.2. The van der Waals surface area contributed by atoms with Crippen molar-refractivity contribution in [3.05, 3.63) is 30.3 Å². The molecule has 0 N–H and O–H groups in total. The topological polar surface area (TPSA) is 29.0 Å². The number of hydrogen-bond acceptors (Lipinski definition) is 3. The van der Waals surface area contributed by atoms with Gasteiger partial charge < -0.3 is 4.90 Å². The summed E-state index contributed by atoms with van der Waals surface area (Å²) in [5.74, 6) is 0.523. The summed E-state index contributed by atoms with van der Waals surface area (Å²) in [5, 5.41) is 0.760. The molecule has 1 aromatic heterocycles. The molecule has 0 aliphatic heterocycles. The van der Waals surface area contributed by atoms with Gasteiger partial charge >= 0.3 is 0 Å². The predicted molar refractivity (Wildman–Crippen MR) is 67.7 cm³/mol. The van der Waals surface area contributed by atoms with Gasteiger partial charge in [0.1, 0.15) is 18.0 Å². The number of fused-ring (bicyclic) bond motifs is 1. The average Bonchev–Trinajstić information content (AvgIpc) is 2.36. The molecule has 0 radical (unpaired) electrons. The van der Waals surface area contributed by atoms with E-state index >= 15 is 0 Å². The van der Waals surface area contributed by atoms with Crippen molar-refractivity contribution in [3.8, 4) is 0 Å². The molecule has 4 heteroatoms. The van der Waals surface area contributed by atoms with Crippen LogP contribution < -0.4 is 4.90 Å². The molecule has 1 aromatic carbocycles. The molecule has 1 atom stereocenters. The second-order valence-corrected chi connectivity index (χ2v) is 4.23. The lowest BCUT2D eigenvalue weighted by molar-refractivity contribution is 0.628. The third-order valence-electron chi connectivity index (χ3n) is 3.16. The van der Waals surface area contributed by atoms with Crippen LogP contribution in [-0.2, 0) is 0 Å². The van der Waals surface area contributed by atoms with Gasteiger partial charge in [0.15, 0.2) is 0 Å². The highest BCUT2D eigenvalue weighted by Crippen LogP contribution is 2.24. The first-order valence-corrected chi connectivity index (χ1v) is 5.76. The Bertz CT molecular complexity index is 527. The Balaban J connectivity index is 2.57. The van der Waals surface area contributed by atoms with E-state index in [9.17, 15) is 4.39 Å². The monoisotopic (exact) mass is 233 g/mol. The molecule has 0 spiro atoms. The summed E-state index contributed by atoms with van der Waals surface area (Å²) in [4.78, 5) is 10.5. The molecule has 0 bridgehead atoms. The van der Waals surface area contributed by atoms with E-state index in [-0.39, 0.29) is 5.82 Å². The van der Waals surface area contributed by atoms with Crippen LogP contribution in [0.15, 0.2) is 24.5 Å². The summed E-state index contributed by atoms with van der Waals surface area (Å²) in [6.45, 7) is 4.23. The highest BCUT2D eigenvalue weighted by Gasteiger charge is 2.13. The van der Waals surface area contributed by atoms with Crippen LogP contribution in [0.1, 0.15) is 20.3 Å². The zero-order chi connectivity index (χ0) is 12.4. The van der Waals surface area contributed by atoms with Gasteiger partial charge in [-0.3, -0.25) is 0 Å². The van der Waals surface area contributed by atoms with Crippen molar-refractivity contribution in [2.24, 2.45) is 0 Å². The van der Waals surface area contributed by atoms with Gasteiger partial charge in [-0.2, -0.15) is 0 Å². The van der Waals surface area contributed by atoms with E-state index in [1.165, 1.54) is 18.5 Å². The Hall–Kier alpha value is -1.71. The van der Waals surface area contributed by atoms with Crippen molar-refractivity contribution in [2.75, 3.05) is 11.9 Å². The summed E-state index contributed by atoms with van der Waals surface area (Å²) in [6.07, 6.45) is 2.53. The maximum absolute atomic E-state index is 13.3. The van der Waals surface area contributed by atoms with Crippen LogP contribution in [0.5, 0.6) is 0 Å². The van der Waals surface area contributed by atoms with E-state index in [4.69, 9.17) is 0 Å². The predicted octanol–water partition coefficient (Wildman–Crippen LogP) is 3.00. The van der Waals surface area contributed by atoms with Crippen molar-refractivity contribution < 1.29 is 4.39 Å². The molecule has 1 unspecified atom stereocenters. The molecule has 1 heterocycles. The molecular formula is C13H16FN3. The molecule has 17 heavy (non-hydrogen) atoms. The van der Waals surface area contributed by atoms with Crippen LogP contribution in [0.2, 0.25) is 0 Å². The van der Waals surface area contributed by atoms with Crippen LogP contribution in [0.4, 0.5) is 10.2 Å². The van der Waals surface area contributed by atoms with E-state index < -0.39 is 0 Å². The molecule has 3 nitrogen and oxygen atoms in total. The SMILES string of the molecule is CCC(C)N(C)c1ncnc2ccc(F)cc12. The number of nitrogens with zero attached hydrogens (tertiary/aromatic N) is 3. The van der Waals surface area contributed by atoms with Gasteiger partial charge in [-0.15, -0.1) is 0 Å². The maximum Gasteiger partial charge on any atom is 0.139 e. The van der Waals surface area contributed by atoms with Crippen molar-refractivity contribution in [1.82, 2.24) is 9.97 Å². The van der Waals surface area contributed by atoms with E-state index in [1.807, 2.05) is 7.05 Å². The molecule has 2 aromatic rings. The maximum atomic E-state index is 13.3. The van der Waals surface area contributed by atoms with E-state index in [0.29, 0.717) is 6.04 Å². The molecule has 2 rings (SSSR count). The Morgan fingerprint density at radius 1 is 1.35 bits per heavy atom. The summed E-state index contributed by atoms with van der Waals surface area (Å²) < 4.78 is 13.3. The normalized spacial score (nSPS) is 12.7. The summed E-state index contributed by atoms with van der Waals surface area (Å²) in [7, 11) is 1.97. The van der Waals surface area contributed by atoms with Crippen molar-refractivity contribution in [1.29, 1.82) is 0 Å². The van der Waals surface area contributed by atoms with E-state index in [2.05, 4.69) is 28.7 Å². The number of anilines is 1. The second kappa shape index (κ2) is 4.65. The Kier molecular flexibility index (Phi) is 3.22. The second-order valence-electron chi connectivity index (χ2n) is 4.23. The van der Waals surface area contributed by atoms with Crippen molar-refractivity contribution >= 4 is 16.7 Å². The molecule has 0 amide bonds. The van der Waals surface area contributed by atoms with E-state index in [1.54, 1.807) is 6.07 Å². The number of hydrogen-bond donors (Lipinski definition) is 0. The van der Waals surface area contributed by atoms with Gasteiger partial charge in [-0.1, -0.05) is 6.92 Å². The molecule has 90 valence electrons. The number of benzene rings is 1. The summed E-state index contributed by atoms with van der Waals surface area (Å²) in [5.41, 5.74) is 0.770.